The molecule has 0 aliphatic heterocycles. The van der Waals surface area contributed by atoms with Crippen LogP contribution >= 0.6 is 11.3 Å². The van der Waals surface area contributed by atoms with Gasteiger partial charge in [0.25, 0.3) is 5.56 Å². The average Bonchev–Trinajstić information content (AvgIpc) is 3.37. The lowest BCUT2D eigenvalue weighted by molar-refractivity contribution is -0.274. The minimum absolute atomic E-state index is 0.252. The fraction of sp³-hybridized carbons (Fsp3) is 0.111. The third-order valence-corrected chi connectivity index (χ3v) is 6.65. The Kier molecular flexibility index (Phi) is 6.34. The summed E-state index contributed by atoms with van der Waals surface area (Å²) in [7, 11) is 1.80. The van der Waals surface area contributed by atoms with E-state index in [1.54, 1.807) is 21.0 Å². The lowest BCUT2D eigenvalue weighted by atomic mass is 10.1. The molecule has 0 saturated heterocycles. The first-order valence-electron chi connectivity index (χ1n) is 11.2. The molecule has 5 rings (SSSR count). The van der Waals surface area contributed by atoms with Crippen molar-refractivity contribution < 1.29 is 17.9 Å². The number of alkyl halides is 3. The van der Waals surface area contributed by atoms with Crippen molar-refractivity contribution in [1.82, 2.24) is 13.9 Å². The number of nitrogens with zero attached hydrogens (tertiary/aromatic N) is 4. The molecule has 0 aliphatic rings. The minimum atomic E-state index is -4.78. The summed E-state index contributed by atoms with van der Waals surface area (Å²) in [5.74, 6) is -0.324. The maximum absolute atomic E-state index is 13.8. The van der Waals surface area contributed by atoms with Crippen LogP contribution in [0, 0.1) is 6.92 Å². The topological polar surface area (TPSA) is 53.5 Å². The summed E-state index contributed by atoms with van der Waals surface area (Å²) >= 11 is 1.33. The molecule has 0 unspecified atom stereocenters. The fourth-order valence-corrected chi connectivity index (χ4v) is 4.97. The minimum Gasteiger partial charge on any atom is -0.406 e. The summed E-state index contributed by atoms with van der Waals surface area (Å²) in [4.78, 5) is 19.2. The van der Waals surface area contributed by atoms with Crippen molar-refractivity contribution in [3.05, 3.63) is 111 Å². The number of hydrogen-bond donors (Lipinski definition) is 0. The molecule has 188 valence electrons. The second-order valence-corrected chi connectivity index (χ2v) is 9.01. The van der Waals surface area contributed by atoms with Crippen molar-refractivity contribution >= 4 is 17.0 Å². The summed E-state index contributed by atoms with van der Waals surface area (Å²) in [5, 5.41) is 1.83. The Morgan fingerprint density at radius 1 is 0.892 bits per heavy atom. The average molecular weight is 523 g/mol. The number of aromatic nitrogens is 3. The molecule has 0 spiro atoms. The van der Waals surface area contributed by atoms with Crippen LogP contribution in [0.4, 0.5) is 18.9 Å². The van der Waals surface area contributed by atoms with Crippen LogP contribution in [-0.2, 0) is 7.05 Å². The number of thiazole rings is 1. The molecule has 0 amide bonds. The second-order valence-electron chi connectivity index (χ2n) is 8.17. The van der Waals surface area contributed by atoms with Crippen LogP contribution in [0.15, 0.2) is 100 Å². The van der Waals surface area contributed by atoms with Gasteiger partial charge in [0.05, 0.1) is 22.8 Å². The Labute approximate surface area is 213 Å². The number of hydrogen-bond acceptors (Lipinski definition) is 4. The SMILES string of the molecule is Cc1c(-n2c(-c3ccc(OC(F)(F)F)cc3)csc2=Nc2ccccc2)c(=O)n(-c2ccccc2)n1C. The van der Waals surface area contributed by atoms with Gasteiger partial charge in [0.15, 0.2) is 4.80 Å². The summed E-state index contributed by atoms with van der Waals surface area (Å²) in [6.45, 7) is 1.84. The first-order valence-corrected chi connectivity index (χ1v) is 12.1. The molecule has 2 heterocycles. The van der Waals surface area contributed by atoms with Gasteiger partial charge in [-0.15, -0.1) is 24.5 Å². The van der Waals surface area contributed by atoms with E-state index >= 15 is 0 Å². The predicted molar refractivity (Wildman–Crippen MR) is 137 cm³/mol. The van der Waals surface area contributed by atoms with Gasteiger partial charge in [-0.3, -0.25) is 14.0 Å². The monoisotopic (exact) mass is 522 g/mol. The lowest BCUT2D eigenvalue weighted by Gasteiger charge is -2.11. The maximum Gasteiger partial charge on any atom is 0.573 e. The van der Waals surface area contributed by atoms with E-state index < -0.39 is 6.36 Å². The summed E-state index contributed by atoms with van der Waals surface area (Å²) < 4.78 is 47.1. The van der Waals surface area contributed by atoms with Gasteiger partial charge in [0, 0.05) is 12.4 Å². The molecule has 6 nitrogen and oxygen atoms in total. The zero-order chi connectivity index (χ0) is 26.2. The smallest absolute Gasteiger partial charge is 0.406 e. The number of rotatable bonds is 5. The summed E-state index contributed by atoms with van der Waals surface area (Å²) in [6.07, 6.45) is -4.78. The van der Waals surface area contributed by atoms with Gasteiger partial charge in [0.1, 0.15) is 11.4 Å². The van der Waals surface area contributed by atoms with Crippen molar-refractivity contribution in [1.29, 1.82) is 0 Å². The third-order valence-electron chi connectivity index (χ3n) is 5.82. The molecular weight excluding hydrogens is 501 g/mol. The number of para-hydroxylation sites is 2. The van der Waals surface area contributed by atoms with Gasteiger partial charge < -0.3 is 4.74 Å². The van der Waals surface area contributed by atoms with Crippen molar-refractivity contribution in [2.45, 2.75) is 13.3 Å². The Balaban J connectivity index is 1.74. The Hall–Kier alpha value is -4.31. The number of benzene rings is 3. The zero-order valence-electron chi connectivity index (χ0n) is 19.8. The second kappa shape index (κ2) is 9.62. The van der Waals surface area contributed by atoms with Gasteiger partial charge in [-0.2, -0.15) is 0 Å². The molecule has 0 radical (unpaired) electrons. The normalized spacial score (nSPS) is 12.2. The van der Waals surface area contributed by atoms with E-state index in [1.807, 2.05) is 73.0 Å². The molecule has 3 aromatic carbocycles. The van der Waals surface area contributed by atoms with E-state index in [1.165, 1.54) is 35.6 Å². The molecule has 0 N–H and O–H groups in total. The largest absolute Gasteiger partial charge is 0.573 e. The lowest BCUT2D eigenvalue weighted by Crippen LogP contribution is -2.24. The maximum atomic E-state index is 13.8. The van der Waals surface area contributed by atoms with E-state index in [4.69, 9.17) is 4.99 Å². The zero-order valence-corrected chi connectivity index (χ0v) is 20.6. The van der Waals surface area contributed by atoms with Crippen molar-refractivity contribution in [3.8, 4) is 28.4 Å². The van der Waals surface area contributed by atoms with E-state index in [2.05, 4.69) is 4.74 Å². The fourth-order valence-electron chi connectivity index (χ4n) is 4.06. The Bertz CT molecular complexity index is 1660. The van der Waals surface area contributed by atoms with Gasteiger partial charge in [-0.1, -0.05) is 36.4 Å². The molecule has 10 heteroatoms. The van der Waals surface area contributed by atoms with Crippen LogP contribution in [0.5, 0.6) is 5.75 Å². The molecule has 0 fully saturated rings. The highest BCUT2D eigenvalue weighted by Crippen LogP contribution is 2.29. The van der Waals surface area contributed by atoms with Crippen LogP contribution in [-0.4, -0.2) is 20.3 Å². The highest BCUT2D eigenvalue weighted by Gasteiger charge is 2.31. The highest BCUT2D eigenvalue weighted by atomic mass is 32.1. The van der Waals surface area contributed by atoms with Gasteiger partial charge in [-0.05, 0) is 61.0 Å². The predicted octanol–water partition coefficient (Wildman–Crippen LogP) is 6.13. The summed E-state index contributed by atoms with van der Waals surface area (Å²) in [5.41, 5.74) is 3.47. The molecule has 37 heavy (non-hydrogen) atoms. The standard InChI is InChI=1S/C27H21F3N4O2S/c1-18-24(25(35)34(32(18)2)21-11-7-4-8-12-21)33-23(17-37-26(33)31-20-9-5-3-6-10-20)19-13-15-22(16-14-19)36-27(28,29)30/h3-17H,1-2H3. The molecule has 2 aromatic heterocycles. The highest BCUT2D eigenvalue weighted by molar-refractivity contribution is 7.07. The van der Waals surface area contributed by atoms with Gasteiger partial charge in [0.2, 0.25) is 0 Å². The van der Waals surface area contributed by atoms with Gasteiger partial charge in [-0.25, -0.2) is 9.67 Å². The van der Waals surface area contributed by atoms with Crippen LogP contribution in [0.3, 0.4) is 0 Å². The van der Waals surface area contributed by atoms with Crippen molar-refractivity contribution in [3.63, 3.8) is 0 Å². The van der Waals surface area contributed by atoms with E-state index in [0.29, 0.717) is 38.8 Å². The van der Waals surface area contributed by atoms with E-state index in [9.17, 15) is 18.0 Å². The van der Waals surface area contributed by atoms with Crippen LogP contribution < -0.4 is 15.1 Å². The molecule has 0 bridgehead atoms. The Morgan fingerprint density at radius 3 is 2.14 bits per heavy atom. The van der Waals surface area contributed by atoms with Crippen LogP contribution in [0.25, 0.3) is 22.6 Å². The van der Waals surface area contributed by atoms with Crippen LogP contribution in [0.2, 0.25) is 0 Å². The first kappa shape index (κ1) is 24.4. The first-order chi connectivity index (χ1) is 17.7. The number of halogens is 3. The molecule has 0 saturated carbocycles. The van der Waals surface area contributed by atoms with Crippen LogP contribution in [0.1, 0.15) is 5.69 Å². The van der Waals surface area contributed by atoms with E-state index in [-0.39, 0.29) is 11.3 Å². The quantitative estimate of drug-likeness (QED) is 0.279. The van der Waals surface area contributed by atoms with E-state index in [0.717, 1.165) is 0 Å². The summed E-state index contributed by atoms with van der Waals surface area (Å²) in [6, 6.07) is 24.2. The molecular formula is C27H21F3N4O2S. The molecule has 5 aromatic rings. The van der Waals surface area contributed by atoms with Crippen molar-refractivity contribution in [2.24, 2.45) is 12.0 Å². The third kappa shape index (κ3) is 4.88. The Morgan fingerprint density at radius 2 is 1.51 bits per heavy atom. The van der Waals surface area contributed by atoms with Gasteiger partial charge >= 0.3 is 6.36 Å². The van der Waals surface area contributed by atoms with Crippen molar-refractivity contribution in [2.75, 3.05) is 0 Å². The molecule has 0 aliphatic carbocycles. The number of ether oxygens (including phenoxy) is 1. The molecule has 0 atom stereocenters.